The molecule has 0 aliphatic rings. The molecular formula is C10H14N2O3. The van der Waals surface area contributed by atoms with Crippen molar-refractivity contribution in [3.8, 4) is 0 Å². The first-order chi connectivity index (χ1) is 6.99. The smallest absolute Gasteiger partial charge is 0.323 e. The van der Waals surface area contributed by atoms with E-state index in [1.54, 1.807) is 0 Å². The lowest BCUT2D eigenvalue weighted by atomic mass is 10.2. The highest BCUT2D eigenvalue weighted by atomic mass is 16.4. The lowest BCUT2D eigenvalue weighted by molar-refractivity contribution is -0.143. The van der Waals surface area contributed by atoms with Gasteiger partial charge in [-0.25, -0.2) is 0 Å². The molecular weight excluding hydrogens is 196 g/mol. The summed E-state index contributed by atoms with van der Waals surface area (Å²) in [5.74, 6) is -1.19. The maximum absolute atomic E-state index is 11.5. The number of amides is 1. The number of hydrogen-bond donors (Lipinski definition) is 1. The Morgan fingerprint density at radius 3 is 2.67 bits per heavy atom. The quantitative estimate of drug-likeness (QED) is 0.767. The third kappa shape index (κ3) is 3.46. The van der Waals surface area contributed by atoms with E-state index in [2.05, 4.69) is 0 Å². The van der Waals surface area contributed by atoms with Crippen LogP contribution in [-0.4, -0.2) is 40.0 Å². The highest BCUT2D eigenvalue weighted by Crippen LogP contribution is 2.02. The predicted molar refractivity (Wildman–Crippen MR) is 54.4 cm³/mol. The minimum absolute atomic E-state index is 0.191. The molecule has 1 aromatic heterocycles. The van der Waals surface area contributed by atoms with Crippen molar-refractivity contribution in [1.29, 1.82) is 0 Å². The molecule has 0 bridgehead atoms. The van der Waals surface area contributed by atoms with Crippen molar-refractivity contribution < 1.29 is 14.7 Å². The van der Waals surface area contributed by atoms with E-state index in [0.717, 1.165) is 5.56 Å². The molecule has 0 aliphatic carbocycles. The zero-order valence-corrected chi connectivity index (χ0v) is 8.80. The third-order valence-corrected chi connectivity index (χ3v) is 2.05. The van der Waals surface area contributed by atoms with Crippen molar-refractivity contribution >= 4 is 11.9 Å². The van der Waals surface area contributed by atoms with Gasteiger partial charge in [-0.2, -0.15) is 0 Å². The van der Waals surface area contributed by atoms with Crippen LogP contribution in [0.25, 0.3) is 0 Å². The number of carboxylic acids is 1. The SMILES string of the molecule is CN(CC(=O)O)C(=O)Cc1ccn(C)c1. The number of hydrogen-bond acceptors (Lipinski definition) is 2. The number of aliphatic carboxylic acids is 1. The number of nitrogens with zero attached hydrogens (tertiary/aromatic N) is 2. The molecule has 1 N–H and O–H groups in total. The fraction of sp³-hybridized carbons (Fsp3) is 0.400. The maximum atomic E-state index is 11.5. The second-order valence-electron chi connectivity index (χ2n) is 3.51. The standard InChI is InChI=1S/C10H14N2O3/c1-11-4-3-8(6-11)5-9(13)12(2)7-10(14)15/h3-4,6H,5,7H2,1-2H3,(H,14,15). The molecule has 0 radical (unpaired) electrons. The summed E-state index contributed by atoms with van der Waals surface area (Å²) < 4.78 is 1.85. The second-order valence-corrected chi connectivity index (χ2v) is 3.51. The van der Waals surface area contributed by atoms with Crippen molar-refractivity contribution in [3.63, 3.8) is 0 Å². The van der Waals surface area contributed by atoms with Gasteiger partial charge in [0.05, 0.1) is 6.42 Å². The van der Waals surface area contributed by atoms with Gasteiger partial charge in [0.1, 0.15) is 6.54 Å². The number of likely N-dealkylation sites (N-methyl/N-ethyl adjacent to an activating group) is 1. The van der Waals surface area contributed by atoms with Crippen LogP contribution in [-0.2, 0) is 23.1 Å². The molecule has 5 nitrogen and oxygen atoms in total. The highest BCUT2D eigenvalue weighted by molar-refractivity contribution is 5.82. The van der Waals surface area contributed by atoms with Gasteiger partial charge in [-0.05, 0) is 11.6 Å². The van der Waals surface area contributed by atoms with Gasteiger partial charge in [-0.1, -0.05) is 0 Å². The average Bonchev–Trinajstić information content (AvgIpc) is 2.50. The van der Waals surface area contributed by atoms with Crippen molar-refractivity contribution in [1.82, 2.24) is 9.47 Å². The summed E-state index contributed by atoms with van der Waals surface area (Å²) in [5.41, 5.74) is 0.889. The van der Waals surface area contributed by atoms with Gasteiger partial charge in [0, 0.05) is 26.5 Å². The first kappa shape index (κ1) is 11.3. The number of aromatic nitrogens is 1. The van der Waals surface area contributed by atoms with Crippen LogP contribution in [0.5, 0.6) is 0 Å². The van der Waals surface area contributed by atoms with Crippen molar-refractivity contribution in [3.05, 3.63) is 24.0 Å². The number of carbonyl (C=O) groups is 2. The van der Waals surface area contributed by atoms with Crippen LogP contribution in [0.2, 0.25) is 0 Å². The molecule has 82 valence electrons. The Hall–Kier alpha value is -1.78. The fourth-order valence-corrected chi connectivity index (χ4v) is 1.27. The monoisotopic (exact) mass is 210 g/mol. The molecule has 1 heterocycles. The molecule has 0 saturated carbocycles. The average molecular weight is 210 g/mol. The summed E-state index contributed by atoms with van der Waals surface area (Å²) in [4.78, 5) is 23.1. The molecule has 0 fully saturated rings. The summed E-state index contributed by atoms with van der Waals surface area (Å²) >= 11 is 0. The summed E-state index contributed by atoms with van der Waals surface area (Å²) in [6, 6.07) is 1.84. The Labute approximate surface area is 87.9 Å². The van der Waals surface area contributed by atoms with Gasteiger partial charge < -0.3 is 14.6 Å². The first-order valence-electron chi connectivity index (χ1n) is 4.55. The van der Waals surface area contributed by atoms with E-state index >= 15 is 0 Å². The van der Waals surface area contributed by atoms with Gasteiger partial charge >= 0.3 is 5.97 Å². The number of aryl methyl sites for hydroxylation is 1. The zero-order valence-electron chi connectivity index (χ0n) is 8.80. The van der Waals surface area contributed by atoms with Crippen LogP contribution >= 0.6 is 0 Å². The lowest BCUT2D eigenvalue weighted by Crippen LogP contribution is -2.32. The molecule has 0 aromatic carbocycles. The summed E-state index contributed by atoms with van der Waals surface area (Å²) in [7, 11) is 3.36. The fourth-order valence-electron chi connectivity index (χ4n) is 1.27. The van der Waals surface area contributed by atoms with Crippen molar-refractivity contribution in [2.45, 2.75) is 6.42 Å². The molecule has 5 heteroatoms. The van der Waals surface area contributed by atoms with Crippen LogP contribution in [0.1, 0.15) is 5.56 Å². The topological polar surface area (TPSA) is 62.5 Å². The van der Waals surface area contributed by atoms with Crippen LogP contribution < -0.4 is 0 Å². The highest BCUT2D eigenvalue weighted by Gasteiger charge is 2.12. The molecule has 0 saturated heterocycles. The van der Waals surface area contributed by atoms with Crippen LogP contribution in [0, 0.1) is 0 Å². The minimum atomic E-state index is -1.00. The van der Waals surface area contributed by atoms with E-state index < -0.39 is 5.97 Å². The van der Waals surface area contributed by atoms with Crippen LogP contribution in [0.15, 0.2) is 18.5 Å². The van der Waals surface area contributed by atoms with E-state index in [4.69, 9.17) is 5.11 Å². The molecule has 0 spiro atoms. The van der Waals surface area contributed by atoms with E-state index in [1.807, 2.05) is 30.1 Å². The summed E-state index contributed by atoms with van der Waals surface area (Å²) in [6.07, 6.45) is 3.93. The van der Waals surface area contributed by atoms with Gasteiger partial charge in [0.25, 0.3) is 0 Å². The van der Waals surface area contributed by atoms with Gasteiger partial charge in [-0.3, -0.25) is 9.59 Å². The molecule has 0 atom stereocenters. The lowest BCUT2D eigenvalue weighted by Gasteiger charge is -2.13. The van der Waals surface area contributed by atoms with E-state index in [9.17, 15) is 9.59 Å². The van der Waals surface area contributed by atoms with Crippen LogP contribution in [0.4, 0.5) is 0 Å². The Morgan fingerprint density at radius 2 is 2.20 bits per heavy atom. The van der Waals surface area contributed by atoms with Gasteiger partial charge in [-0.15, -0.1) is 0 Å². The summed E-state index contributed by atoms with van der Waals surface area (Å²) in [6.45, 7) is -0.258. The summed E-state index contributed by atoms with van der Waals surface area (Å²) in [5, 5.41) is 8.50. The molecule has 1 aromatic rings. The first-order valence-corrected chi connectivity index (χ1v) is 4.55. The van der Waals surface area contributed by atoms with Crippen LogP contribution in [0.3, 0.4) is 0 Å². The van der Waals surface area contributed by atoms with E-state index in [1.165, 1.54) is 11.9 Å². The Kier molecular flexibility index (Phi) is 3.49. The second kappa shape index (κ2) is 4.63. The minimum Gasteiger partial charge on any atom is -0.480 e. The third-order valence-electron chi connectivity index (χ3n) is 2.05. The van der Waals surface area contributed by atoms with E-state index in [-0.39, 0.29) is 18.9 Å². The molecule has 1 amide bonds. The molecule has 0 aliphatic heterocycles. The molecule has 0 unspecified atom stereocenters. The predicted octanol–water partition coefficient (Wildman–Crippen LogP) is 0.111. The normalized spacial score (nSPS) is 10.0. The number of rotatable bonds is 4. The van der Waals surface area contributed by atoms with Crippen molar-refractivity contribution in [2.75, 3.05) is 13.6 Å². The number of carbonyl (C=O) groups excluding carboxylic acids is 1. The Balaban J connectivity index is 2.52. The maximum Gasteiger partial charge on any atom is 0.323 e. The van der Waals surface area contributed by atoms with E-state index in [0.29, 0.717) is 0 Å². The van der Waals surface area contributed by atoms with Gasteiger partial charge in [0.2, 0.25) is 5.91 Å². The zero-order chi connectivity index (χ0) is 11.4. The Morgan fingerprint density at radius 1 is 1.53 bits per heavy atom. The molecule has 1 rings (SSSR count). The van der Waals surface area contributed by atoms with Crippen molar-refractivity contribution in [2.24, 2.45) is 7.05 Å². The Bertz CT molecular complexity index is 370. The largest absolute Gasteiger partial charge is 0.480 e. The number of carboxylic acid groups (broad SMARTS) is 1. The molecule has 15 heavy (non-hydrogen) atoms. The van der Waals surface area contributed by atoms with Gasteiger partial charge in [0.15, 0.2) is 0 Å².